The molecule has 0 spiro atoms. The fourth-order valence-corrected chi connectivity index (χ4v) is 4.39. The van der Waals surface area contributed by atoms with E-state index in [4.69, 9.17) is 5.73 Å². The van der Waals surface area contributed by atoms with Crippen LogP contribution in [0.25, 0.3) is 0 Å². The number of thiophene rings is 1. The second-order valence-corrected chi connectivity index (χ2v) is 7.90. The van der Waals surface area contributed by atoms with E-state index in [1.165, 1.54) is 16.2 Å². The number of anilines is 1. The standard InChI is InChI=1S/C17H17BrN2O2S/c1-9-2-7-13-12(8-9)14(15(19)21)17(23-13)20-16(22)10-3-5-11(18)6-4-10/h3-6,9H,2,7-8H2,1H3,(H2,19,21)(H,20,22)/t9-/m1/s1. The van der Waals surface area contributed by atoms with Gasteiger partial charge in [0.15, 0.2) is 0 Å². The van der Waals surface area contributed by atoms with Crippen molar-refractivity contribution >= 4 is 44.1 Å². The van der Waals surface area contributed by atoms with Crippen molar-refractivity contribution in [2.75, 3.05) is 5.32 Å². The van der Waals surface area contributed by atoms with Crippen LogP contribution in [0.4, 0.5) is 5.00 Å². The van der Waals surface area contributed by atoms with Gasteiger partial charge in [0.05, 0.1) is 5.56 Å². The molecule has 0 radical (unpaired) electrons. The smallest absolute Gasteiger partial charge is 0.256 e. The number of aryl methyl sites for hydroxylation is 1. The Morgan fingerprint density at radius 3 is 2.65 bits per heavy atom. The maximum atomic E-state index is 12.4. The normalized spacial score (nSPS) is 16.7. The number of nitrogens with two attached hydrogens (primary N) is 1. The fourth-order valence-electron chi connectivity index (χ4n) is 2.88. The summed E-state index contributed by atoms with van der Waals surface area (Å²) in [5.74, 6) is -0.167. The highest BCUT2D eigenvalue weighted by molar-refractivity contribution is 9.10. The van der Waals surface area contributed by atoms with Crippen LogP contribution < -0.4 is 11.1 Å². The summed E-state index contributed by atoms with van der Waals surface area (Å²) < 4.78 is 0.910. The Hall–Kier alpha value is -1.66. The average Bonchev–Trinajstić information content (AvgIpc) is 2.84. The van der Waals surface area contributed by atoms with Crippen molar-refractivity contribution < 1.29 is 9.59 Å². The first-order chi connectivity index (χ1) is 11.0. The van der Waals surface area contributed by atoms with E-state index in [-0.39, 0.29) is 5.91 Å². The van der Waals surface area contributed by atoms with E-state index in [9.17, 15) is 9.59 Å². The van der Waals surface area contributed by atoms with Gasteiger partial charge in [0, 0.05) is 14.9 Å². The van der Waals surface area contributed by atoms with Crippen LogP contribution in [-0.2, 0) is 12.8 Å². The summed E-state index contributed by atoms with van der Waals surface area (Å²) in [5.41, 5.74) is 7.63. The van der Waals surface area contributed by atoms with Gasteiger partial charge in [0.1, 0.15) is 5.00 Å². The van der Waals surface area contributed by atoms with Crippen molar-refractivity contribution in [1.82, 2.24) is 0 Å². The SMILES string of the molecule is C[C@@H]1CCc2sc(NC(=O)c3ccc(Br)cc3)c(C(N)=O)c2C1. The van der Waals surface area contributed by atoms with Gasteiger partial charge in [-0.05, 0) is 55.0 Å². The van der Waals surface area contributed by atoms with Gasteiger partial charge in [-0.1, -0.05) is 22.9 Å². The zero-order valence-electron chi connectivity index (χ0n) is 12.7. The molecule has 0 fully saturated rings. The zero-order chi connectivity index (χ0) is 16.6. The molecule has 4 nitrogen and oxygen atoms in total. The van der Waals surface area contributed by atoms with E-state index < -0.39 is 5.91 Å². The molecule has 120 valence electrons. The number of rotatable bonds is 3. The molecule has 1 heterocycles. The van der Waals surface area contributed by atoms with Crippen molar-refractivity contribution in [2.45, 2.75) is 26.2 Å². The monoisotopic (exact) mass is 392 g/mol. The highest BCUT2D eigenvalue weighted by Gasteiger charge is 2.27. The number of nitrogens with one attached hydrogen (secondary N) is 1. The topological polar surface area (TPSA) is 72.2 Å². The second kappa shape index (κ2) is 6.45. The summed E-state index contributed by atoms with van der Waals surface area (Å²) in [6.45, 7) is 2.17. The molecule has 23 heavy (non-hydrogen) atoms. The van der Waals surface area contributed by atoms with E-state index in [1.54, 1.807) is 12.1 Å². The predicted molar refractivity (Wildman–Crippen MR) is 96.1 cm³/mol. The minimum atomic E-state index is -0.470. The van der Waals surface area contributed by atoms with Crippen molar-refractivity contribution in [2.24, 2.45) is 11.7 Å². The molecule has 1 aromatic carbocycles. The lowest BCUT2D eigenvalue weighted by Crippen LogP contribution is -2.19. The Bertz CT molecular complexity index is 768. The quantitative estimate of drug-likeness (QED) is 0.828. The zero-order valence-corrected chi connectivity index (χ0v) is 15.1. The highest BCUT2D eigenvalue weighted by Crippen LogP contribution is 2.39. The van der Waals surface area contributed by atoms with E-state index in [1.807, 2.05) is 12.1 Å². The lowest BCUT2D eigenvalue weighted by Gasteiger charge is -2.18. The molecule has 6 heteroatoms. The Morgan fingerprint density at radius 2 is 2.00 bits per heavy atom. The summed E-state index contributed by atoms with van der Waals surface area (Å²) in [6, 6.07) is 7.09. The van der Waals surface area contributed by atoms with Crippen LogP contribution in [0.15, 0.2) is 28.7 Å². The number of hydrogen-bond donors (Lipinski definition) is 2. The van der Waals surface area contributed by atoms with Gasteiger partial charge in [-0.25, -0.2) is 0 Å². The third-order valence-corrected chi connectivity index (χ3v) is 5.82. The molecule has 0 aliphatic heterocycles. The van der Waals surface area contributed by atoms with Gasteiger partial charge in [0.25, 0.3) is 11.8 Å². The molecule has 1 aliphatic carbocycles. The summed E-state index contributed by atoms with van der Waals surface area (Å²) >= 11 is 4.82. The molecule has 0 saturated heterocycles. The van der Waals surface area contributed by atoms with E-state index in [2.05, 4.69) is 28.2 Å². The highest BCUT2D eigenvalue weighted by atomic mass is 79.9. The number of primary amides is 1. The number of carbonyl (C=O) groups excluding carboxylic acids is 2. The molecular weight excluding hydrogens is 376 g/mol. The largest absolute Gasteiger partial charge is 0.365 e. The van der Waals surface area contributed by atoms with Crippen LogP contribution >= 0.6 is 27.3 Å². The molecule has 1 aromatic heterocycles. The first-order valence-electron chi connectivity index (χ1n) is 7.47. The molecule has 3 N–H and O–H groups in total. The second-order valence-electron chi connectivity index (χ2n) is 5.88. The number of carbonyl (C=O) groups is 2. The van der Waals surface area contributed by atoms with Gasteiger partial charge < -0.3 is 11.1 Å². The Labute approximate surface area is 147 Å². The summed E-state index contributed by atoms with van der Waals surface area (Å²) in [5, 5.41) is 3.44. The van der Waals surface area contributed by atoms with E-state index >= 15 is 0 Å². The van der Waals surface area contributed by atoms with Crippen molar-refractivity contribution in [3.8, 4) is 0 Å². The maximum Gasteiger partial charge on any atom is 0.256 e. The molecule has 2 amide bonds. The molecule has 2 aromatic rings. The average molecular weight is 393 g/mol. The summed E-state index contributed by atoms with van der Waals surface area (Å²) in [6.07, 6.45) is 2.89. The van der Waals surface area contributed by atoms with Crippen LogP contribution in [0.5, 0.6) is 0 Å². The van der Waals surface area contributed by atoms with Gasteiger partial charge in [-0.15, -0.1) is 11.3 Å². The number of halogens is 1. The minimum absolute atomic E-state index is 0.230. The molecule has 0 bridgehead atoms. The van der Waals surface area contributed by atoms with Crippen LogP contribution in [-0.4, -0.2) is 11.8 Å². The molecule has 3 rings (SSSR count). The Balaban J connectivity index is 1.92. The first-order valence-corrected chi connectivity index (χ1v) is 9.08. The predicted octanol–water partition coefficient (Wildman–Crippen LogP) is 3.99. The van der Waals surface area contributed by atoms with Crippen LogP contribution in [0, 0.1) is 5.92 Å². The Morgan fingerprint density at radius 1 is 1.30 bits per heavy atom. The number of benzene rings is 1. The number of fused-ring (bicyclic) bond motifs is 1. The molecule has 1 aliphatic rings. The lowest BCUT2D eigenvalue weighted by molar-refractivity contribution is 0.1000. The first kappa shape index (κ1) is 16.2. The number of amides is 2. The van der Waals surface area contributed by atoms with E-state index in [0.29, 0.717) is 22.0 Å². The van der Waals surface area contributed by atoms with Gasteiger partial charge in [-0.3, -0.25) is 9.59 Å². The molecule has 0 saturated carbocycles. The van der Waals surface area contributed by atoms with Crippen LogP contribution in [0.2, 0.25) is 0 Å². The molecule has 1 atom stereocenters. The van der Waals surface area contributed by atoms with Crippen LogP contribution in [0.1, 0.15) is 44.5 Å². The van der Waals surface area contributed by atoms with Crippen molar-refractivity contribution in [3.05, 3.63) is 50.3 Å². The Kier molecular flexibility index (Phi) is 4.55. The molecule has 0 unspecified atom stereocenters. The molecular formula is C17H17BrN2O2S. The van der Waals surface area contributed by atoms with Crippen LogP contribution in [0.3, 0.4) is 0 Å². The third-order valence-electron chi connectivity index (χ3n) is 4.09. The van der Waals surface area contributed by atoms with Gasteiger partial charge >= 0.3 is 0 Å². The van der Waals surface area contributed by atoms with Gasteiger partial charge in [0.2, 0.25) is 0 Å². The summed E-state index contributed by atoms with van der Waals surface area (Å²) in [7, 11) is 0. The number of hydrogen-bond acceptors (Lipinski definition) is 3. The maximum absolute atomic E-state index is 12.4. The third kappa shape index (κ3) is 3.33. The minimum Gasteiger partial charge on any atom is -0.365 e. The van der Waals surface area contributed by atoms with E-state index in [0.717, 1.165) is 29.3 Å². The van der Waals surface area contributed by atoms with Crippen molar-refractivity contribution in [1.29, 1.82) is 0 Å². The van der Waals surface area contributed by atoms with Crippen molar-refractivity contribution in [3.63, 3.8) is 0 Å². The fraction of sp³-hybridized carbons (Fsp3) is 0.294. The summed E-state index contributed by atoms with van der Waals surface area (Å²) in [4.78, 5) is 25.5. The van der Waals surface area contributed by atoms with Gasteiger partial charge in [-0.2, -0.15) is 0 Å². The lowest BCUT2D eigenvalue weighted by atomic mass is 9.87.